The van der Waals surface area contributed by atoms with Crippen LogP contribution in [0.2, 0.25) is 0 Å². The van der Waals surface area contributed by atoms with E-state index >= 15 is 0 Å². The Balaban J connectivity index is 1.63. The third-order valence-electron chi connectivity index (χ3n) is 4.36. The molecule has 0 aromatic heterocycles. The molecule has 8 nitrogen and oxygen atoms in total. The standard InChI is InChI=1S/C20H25N3O5S/c1-2-28-19-9-4-3-8-18(19)22-20(24)15-21-16-6-5-7-17(14-16)29(25,26)23-10-12-27-13-11-23/h3-9,14,21H,2,10-13,15H2,1H3,(H,22,24). The highest BCUT2D eigenvalue weighted by atomic mass is 32.2. The van der Waals surface area contributed by atoms with Crippen molar-refractivity contribution in [3.63, 3.8) is 0 Å². The SMILES string of the molecule is CCOc1ccccc1NC(=O)CNc1cccc(S(=O)(=O)N2CCOCC2)c1. The van der Waals surface area contributed by atoms with Crippen molar-refractivity contribution in [2.75, 3.05) is 50.1 Å². The predicted molar refractivity (Wildman–Crippen MR) is 111 cm³/mol. The van der Waals surface area contributed by atoms with Gasteiger partial charge in [-0.1, -0.05) is 18.2 Å². The highest BCUT2D eigenvalue weighted by Gasteiger charge is 2.26. The number of benzene rings is 2. The number of hydrogen-bond donors (Lipinski definition) is 2. The molecule has 1 amide bonds. The zero-order chi connectivity index (χ0) is 20.7. The van der Waals surface area contributed by atoms with Gasteiger partial charge in [0, 0.05) is 18.8 Å². The Morgan fingerprint density at radius 1 is 1.14 bits per heavy atom. The Morgan fingerprint density at radius 2 is 1.90 bits per heavy atom. The molecule has 9 heteroatoms. The molecule has 1 aliphatic rings. The van der Waals surface area contributed by atoms with Gasteiger partial charge in [0.1, 0.15) is 5.75 Å². The van der Waals surface area contributed by atoms with Gasteiger partial charge in [-0.25, -0.2) is 8.42 Å². The van der Waals surface area contributed by atoms with Crippen molar-refractivity contribution in [3.05, 3.63) is 48.5 Å². The van der Waals surface area contributed by atoms with Gasteiger partial charge in [0.25, 0.3) is 0 Å². The van der Waals surface area contributed by atoms with E-state index in [1.165, 1.54) is 10.4 Å². The summed E-state index contributed by atoms with van der Waals surface area (Å²) in [5.41, 5.74) is 1.14. The lowest BCUT2D eigenvalue weighted by atomic mass is 10.3. The molecular formula is C20H25N3O5S. The van der Waals surface area contributed by atoms with Crippen LogP contribution >= 0.6 is 0 Å². The zero-order valence-corrected chi connectivity index (χ0v) is 17.1. The van der Waals surface area contributed by atoms with Crippen LogP contribution in [0.15, 0.2) is 53.4 Å². The lowest BCUT2D eigenvalue weighted by molar-refractivity contribution is -0.114. The Kier molecular flexibility index (Phi) is 7.08. The number of carbonyl (C=O) groups excluding carboxylic acids is 1. The van der Waals surface area contributed by atoms with Crippen LogP contribution < -0.4 is 15.4 Å². The van der Waals surface area contributed by atoms with Gasteiger partial charge in [-0.15, -0.1) is 0 Å². The number of carbonyl (C=O) groups is 1. The van der Waals surface area contributed by atoms with Crippen molar-refractivity contribution >= 4 is 27.3 Å². The van der Waals surface area contributed by atoms with Crippen LogP contribution in [0.3, 0.4) is 0 Å². The predicted octanol–water partition coefficient (Wildman–Crippen LogP) is 2.16. The largest absolute Gasteiger partial charge is 0.492 e. The number of rotatable bonds is 8. The van der Waals surface area contributed by atoms with Crippen LogP contribution in [0, 0.1) is 0 Å². The summed E-state index contributed by atoms with van der Waals surface area (Å²) in [6.45, 7) is 3.81. The molecule has 1 saturated heterocycles. The van der Waals surface area contributed by atoms with Gasteiger partial charge in [-0.3, -0.25) is 4.79 Å². The molecule has 1 heterocycles. The monoisotopic (exact) mass is 419 g/mol. The molecule has 0 atom stereocenters. The molecule has 0 saturated carbocycles. The van der Waals surface area contributed by atoms with E-state index in [1.807, 2.05) is 19.1 Å². The maximum Gasteiger partial charge on any atom is 0.243 e. The van der Waals surface area contributed by atoms with Crippen LogP contribution in [-0.2, 0) is 19.6 Å². The lowest BCUT2D eigenvalue weighted by Gasteiger charge is -2.26. The van der Waals surface area contributed by atoms with Crippen LogP contribution in [0.1, 0.15) is 6.92 Å². The number of hydrogen-bond acceptors (Lipinski definition) is 6. The lowest BCUT2D eigenvalue weighted by Crippen LogP contribution is -2.40. The average molecular weight is 420 g/mol. The number of amides is 1. The van der Waals surface area contributed by atoms with E-state index in [2.05, 4.69) is 10.6 Å². The first-order chi connectivity index (χ1) is 14.0. The van der Waals surface area contributed by atoms with Crippen molar-refractivity contribution in [1.29, 1.82) is 0 Å². The fraction of sp³-hybridized carbons (Fsp3) is 0.350. The second kappa shape index (κ2) is 9.73. The second-order valence-electron chi connectivity index (χ2n) is 6.38. The van der Waals surface area contributed by atoms with Crippen molar-refractivity contribution in [2.24, 2.45) is 0 Å². The fourth-order valence-corrected chi connectivity index (χ4v) is 4.38. The van der Waals surface area contributed by atoms with Gasteiger partial charge in [-0.05, 0) is 37.3 Å². The molecule has 0 unspecified atom stereocenters. The number of anilines is 2. The van der Waals surface area contributed by atoms with Gasteiger partial charge in [0.2, 0.25) is 15.9 Å². The van der Waals surface area contributed by atoms with E-state index in [-0.39, 0.29) is 17.3 Å². The fourth-order valence-electron chi connectivity index (χ4n) is 2.93. The van der Waals surface area contributed by atoms with Crippen molar-refractivity contribution in [2.45, 2.75) is 11.8 Å². The number of morpholine rings is 1. The zero-order valence-electron chi connectivity index (χ0n) is 16.3. The van der Waals surface area contributed by atoms with Gasteiger partial charge < -0.3 is 20.1 Å². The first-order valence-corrected chi connectivity index (χ1v) is 10.9. The van der Waals surface area contributed by atoms with Crippen molar-refractivity contribution in [3.8, 4) is 5.75 Å². The highest BCUT2D eigenvalue weighted by Crippen LogP contribution is 2.24. The van der Waals surface area contributed by atoms with Crippen LogP contribution in [0.5, 0.6) is 5.75 Å². The van der Waals surface area contributed by atoms with Crippen molar-refractivity contribution < 1.29 is 22.7 Å². The quantitative estimate of drug-likeness (QED) is 0.681. The molecule has 0 spiro atoms. The molecule has 2 aromatic rings. The van der Waals surface area contributed by atoms with Gasteiger partial charge in [0.05, 0.1) is 36.9 Å². The summed E-state index contributed by atoms with van der Waals surface area (Å²) < 4.78 is 37.7. The highest BCUT2D eigenvalue weighted by molar-refractivity contribution is 7.89. The maximum atomic E-state index is 12.8. The van der Waals surface area contributed by atoms with E-state index < -0.39 is 10.0 Å². The molecule has 2 aromatic carbocycles. The van der Waals surface area contributed by atoms with Crippen molar-refractivity contribution in [1.82, 2.24) is 4.31 Å². The minimum atomic E-state index is -3.59. The minimum Gasteiger partial charge on any atom is -0.492 e. The summed E-state index contributed by atoms with van der Waals surface area (Å²) >= 11 is 0. The topological polar surface area (TPSA) is 97.0 Å². The summed E-state index contributed by atoms with van der Waals surface area (Å²) in [6, 6.07) is 13.6. The number of ether oxygens (including phenoxy) is 2. The third kappa shape index (κ3) is 5.47. The number of nitrogens with one attached hydrogen (secondary N) is 2. The van der Waals surface area contributed by atoms with E-state index in [0.29, 0.717) is 50.0 Å². The van der Waals surface area contributed by atoms with Crippen LogP contribution in [0.4, 0.5) is 11.4 Å². The van der Waals surface area contributed by atoms with E-state index in [0.717, 1.165) is 0 Å². The maximum absolute atomic E-state index is 12.8. The van der Waals surface area contributed by atoms with E-state index in [9.17, 15) is 13.2 Å². The smallest absolute Gasteiger partial charge is 0.243 e. The number of sulfonamides is 1. The summed E-state index contributed by atoms with van der Waals surface area (Å²) in [4.78, 5) is 12.5. The Bertz CT molecular complexity index is 943. The normalized spacial score (nSPS) is 14.9. The van der Waals surface area contributed by atoms with Crippen LogP contribution in [0.25, 0.3) is 0 Å². The molecule has 0 bridgehead atoms. The van der Waals surface area contributed by atoms with Gasteiger partial charge in [0.15, 0.2) is 0 Å². The Morgan fingerprint density at radius 3 is 2.66 bits per heavy atom. The first kappa shape index (κ1) is 21.1. The number of para-hydroxylation sites is 2. The molecule has 1 aliphatic heterocycles. The van der Waals surface area contributed by atoms with Gasteiger partial charge >= 0.3 is 0 Å². The molecule has 3 rings (SSSR count). The second-order valence-corrected chi connectivity index (χ2v) is 8.31. The molecule has 1 fully saturated rings. The molecular weight excluding hydrogens is 394 g/mol. The third-order valence-corrected chi connectivity index (χ3v) is 6.25. The summed E-state index contributed by atoms with van der Waals surface area (Å²) in [6.07, 6.45) is 0. The molecule has 2 N–H and O–H groups in total. The summed E-state index contributed by atoms with van der Waals surface area (Å²) in [5.74, 6) is 0.334. The van der Waals surface area contributed by atoms with Gasteiger partial charge in [-0.2, -0.15) is 4.31 Å². The molecule has 29 heavy (non-hydrogen) atoms. The summed E-state index contributed by atoms with van der Waals surface area (Å²) in [5, 5.41) is 5.77. The molecule has 156 valence electrons. The van der Waals surface area contributed by atoms with E-state index in [1.54, 1.807) is 30.3 Å². The van der Waals surface area contributed by atoms with E-state index in [4.69, 9.17) is 9.47 Å². The number of nitrogens with zero attached hydrogens (tertiary/aromatic N) is 1. The molecule has 0 aliphatic carbocycles. The first-order valence-electron chi connectivity index (χ1n) is 9.44. The average Bonchev–Trinajstić information content (AvgIpc) is 2.75. The Labute approximate surface area is 170 Å². The Hall–Kier alpha value is -2.62. The van der Waals surface area contributed by atoms with Crippen LogP contribution in [-0.4, -0.2) is 58.1 Å². The summed E-state index contributed by atoms with van der Waals surface area (Å²) in [7, 11) is -3.59. The molecule has 0 radical (unpaired) electrons. The minimum absolute atomic E-state index is 0.0124.